The van der Waals surface area contributed by atoms with Crippen LogP contribution in [-0.2, 0) is 0 Å². The maximum Gasteiger partial charge on any atom is 0.171 e. The van der Waals surface area contributed by atoms with E-state index in [1.54, 1.807) is 13.0 Å². The molecule has 0 amide bonds. The number of rotatable bonds is 2. The fourth-order valence-corrected chi connectivity index (χ4v) is 2.16. The van der Waals surface area contributed by atoms with E-state index in [1.165, 1.54) is 12.1 Å². The van der Waals surface area contributed by atoms with Crippen molar-refractivity contribution in [2.75, 3.05) is 5.32 Å². The Morgan fingerprint density at radius 3 is 2.68 bits per heavy atom. The second-order valence-corrected chi connectivity index (χ2v) is 5.16. The second-order valence-electron chi connectivity index (χ2n) is 3.99. The summed E-state index contributed by atoms with van der Waals surface area (Å²) in [5.41, 5.74) is 2.65. The Morgan fingerprint density at radius 1 is 1.32 bits per heavy atom. The number of hydrogen-bond donors (Lipinski definition) is 1. The Bertz CT molecular complexity index is 679. The largest absolute Gasteiger partial charge is 0.337 e. The van der Waals surface area contributed by atoms with Gasteiger partial charge in [-0.1, -0.05) is 0 Å². The molecule has 4 nitrogen and oxygen atoms in total. The molecule has 0 saturated carbocycles. The molecule has 0 fully saturated rings. The van der Waals surface area contributed by atoms with Crippen LogP contribution in [0.25, 0.3) is 0 Å². The van der Waals surface area contributed by atoms with E-state index in [-0.39, 0.29) is 5.82 Å². The van der Waals surface area contributed by atoms with Crippen molar-refractivity contribution in [3.05, 3.63) is 44.4 Å². The van der Waals surface area contributed by atoms with Crippen LogP contribution in [0.3, 0.4) is 0 Å². The number of anilines is 2. The highest BCUT2D eigenvalue weighted by Crippen LogP contribution is 2.25. The summed E-state index contributed by atoms with van der Waals surface area (Å²) >= 11 is 2.02. The van der Waals surface area contributed by atoms with Gasteiger partial charge < -0.3 is 5.32 Å². The molecule has 1 aromatic heterocycles. The zero-order valence-electron chi connectivity index (χ0n) is 10.3. The zero-order chi connectivity index (χ0) is 14.0. The van der Waals surface area contributed by atoms with Crippen LogP contribution in [0.1, 0.15) is 16.8 Å². The molecule has 1 heterocycles. The van der Waals surface area contributed by atoms with Crippen LogP contribution in [0.5, 0.6) is 0 Å². The third kappa shape index (κ3) is 2.81. The van der Waals surface area contributed by atoms with Gasteiger partial charge in [0.15, 0.2) is 5.82 Å². The molecule has 19 heavy (non-hydrogen) atoms. The standard InChI is InChI=1S/C13H10FIN4/c1-7-8(2)18-19-13(10(7)6-16)17-12-4-3-9(14)5-11(12)15/h3-5H,1-2H3,(H,17,19). The number of nitrogens with one attached hydrogen (secondary N) is 1. The molecule has 2 aromatic rings. The molecule has 0 radical (unpaired) electrons. The lowest BCUT2D eigenvalue weighted by molar-refractivity contribution is 0.627. The van der Waals surface area contributed by atoms with Gasteiger partial charge in [-0.2, -0.15) is 10.4 Å². The molecule has 0 aliphatic heterocycles. The highest BCUT2D eigenvalue weighted by Gasteiger charge is 2.12. The first kappa shape index (κ1) is 13.7. The summed E-state index contributed by atoms with van der Waals surface area (Å²) in [6.07, 6.45) is 0. The minimum Gasteiger partial charge on any atom is -0.337 e. The molecule has 0 aliphatic carbocycles. The lowest BCUT2D eigenvalue weighted by Gasteiger charge is -2.10. The number of aryl methyl sites for hydroxylation is 1. The highest BCUT2D eigenvalue weighted by atomic mass is 127. The van der Waals surface area contributed by atoms with Crippen molar-refractivity contribution in [2.45, 2.75) is 13.8 Å². The number of aromatic nitrogens is 2. The SMILES string of the molecule is Cc1nnc(Nc2ccc(F)cc2I)c(C#N)c1C. The van der Waals surface area contributed by atoms with Gasteiger partial charge in [0.1, 0.15) is 17.4 Å². The second kappa shape index (κ2) is 5.48. The number of benzene rings is 1. The van der Waals surface area contributed by atoms with Crippen LogP contribution in [-0.4, -0.2) is 10.2 Å². The van der Waals surface area contributed by atoms with Crippen molar-refractivity contribution in [1.82, 2.24) is 10.2 Å². The summed E-state index contributed by atoms with van der Waals surface area (Å²) in [6, 6.07) is 6.48. The van der Waals surface area contributed by atoms with Gasteiger partial charge in [-0.15, -0.1) is 5.10 Å². The number of hydrogen-bond acceptors (Lipinski definition) is 4. The van der Waals surface area contributed by atoms with E-state index in [9.17, 15) is 9.65 Å². The van der Waals surface area contributed by atoms with E-state index in [0.29, 0.717) is 20.6 Å². The van der Waals surface area contributed by atoms with Crippen LogP contribution in [0.2, 0.25) is 0 Å². The number of nitrogens with zero attached hydrogens (tertiary/aromatic N) is 3. The van der Waals surface area contributed by atoms with Gasteiger partial charge in [-0.25, -0.2) is 4.39 Å². The first-order chi connectivity index (χ1) is 9.02. The molecule has 2 rings (SSSR count). The van der Waals surface area contributed by atoms with E-state index in [0.717, 1.165) is 11.3 Å². The van der Waals surface area contributed by atoms with Gasteiger partial charge in [0.2, 0.25) is 0 Å². The molecule has 1 aromatic carbocycles. The fourth-order valence-electron chi connectivity index (χ4n) is 1.55. The van der Waals surface area contributed by atoms with Gasteiger partial charge in [-0.05, 0) is 60.2 Å². The summed E-state index contributed by atoms with van der Waals surface area (Å²) < 4.78 is 13.7. The Labute approximate surface area is 123 Å². The smallest absolute Gasteiger partial charge is 0.171 e. The van der Waals surface area contributed by atoms with Crippen molar-refractivity contribution in [2.24, 2.45) is 0 Å². The van der Waals surface area contributed by atoms with Crippen molar-refractivity contribution in [3.63, 3.8) is 0 Å². The summed E-state index contributed by atoms with van der Waals surface area (Å²) in [7, 11) is 0. The molecule has 0 saturated heterocycles. The number of nitriles is 1. The molecule has 0 atom stereocenters. The van der Waals surface area contributed by atoms with Crippen molar-refractivity contribution < 1.29 is 4.39 Å². The van der Waals surface area contributed by atoms with Crippen molar-refractivity contribution >= 4 is 34.1 Å². The van der Waals surface area contributed by atoms with Crippen LogP contribution >= 0.6 is 22.6 Å². The molecule has 6 heteroatoms. The van der Waals surface area contributed by atoms with Crippen LogP contribution < -0.4 is 5.32 Å². The average molecular weight is 368 g/mol. The van der Waals surface area contributed by atoms with Gasteiger partial charge in [0.05, 0.1) is 11.4 Å². The van der Waals surface area contributed by atoms with Gasteiger partial charge in [-0.3, -0.25) is 0 Å². The van der Waals surface area contributed by atoms with Crippen LogP contribution in [0.15, 0.2) is 18.2 Å². The molecule has 1 N–H and O–H groups in total. The minimum absolute atomic E-state index is 0.304. The number of halogens is 2. The molecular weight excluding hydrogens is 358 g/mol. The van der Waals surface area contributed by atoms with Crippen LogP contribution in [0.4, 0.5) is 15.9 Å². The monoisotopic (exact) mass is 368 g/mol. The van der Waals surface area contributed by atoms with E-state index >= 15 is 0 Å². The summed E-state index contributed by atoms with van der Waals surface area (Å²) in [5, 5.41) is 20.2. The predicted octanol–water partition coefficient (Wildman–Crippen LogP) is 3.45. The normalized spacial score (nSPS) is 10.1. The van der Waals surface area contributed by atoms with Crippen molar-refractivity contribution in [1.29, 1.82) is 5.26 Å². The predicted molar refractivity (Wildman–Crippen MR) is 78.6 cm³/mol. The third-order valence-corrected chi connectivity index (χ3v) is 3.64. The lowest BCUT2D eigenvalue weighted by atomic mass is 10.1. The first-order valence-corrected chi connectivity index (χ1v) is 6.57. The molecule has 0 aliphatic rings. The Morgan fingerprint density at radius 2 is 2.05 bits per heavy atom. The topological polar surface area (TPSA) is 61.6 Å². The summed E-state index contributed by atoms with van der Waals surface area (Å²) in [6.45, 7) is 3.62. The molecule has 0 unspecified atom stereocenters. The lowest BCUT2D eigenvalue weighted by Crippen LogP contribution is -2.04. The molecular formula is C13H10FIN4. The molecule has 0 spiro atoms. The van der Waals surface area contributed by atoms with E-state index < -0.39 is 0 Å². The Kier molecular flexibility index (Phi) is 3.95. The zero-order valence-corrected chi connectivity index (χ0v) is 12.5. The van der Waals surface area contributed by atoms with Gasteiger partial charge in [0.25, 0.3) is 0 Å². The third-order valence-electron chi connectivity index (χ3n) is 2.75. The van der Waals surface area contributed by atoms with E-state index in [4.69, 9.17) is 0 Å². The minimum atomic E-state index is -0.304. The van der Waals surface area contributed by atoms with E-state index in [1.807, 2.05) is 29.5 Å². The first-order valence-electron chi connectivity index (χ1n) is 5.49. The van der Waals surface area contributed by atoms with Crippen molar-refractivity contribution in [3.8, 4) is 6.07 Å². The van der Waals surface area contributed by atoms with Gasteiger partial charge >= 0.3 is 0 Å². The Hall–Kier alpha value is -1.75. The summed E-state index contributed by atoms with van der Waals surface area (Å²) in [4.78, 5) is 0. The average Bonchev–Trinajstić information content (AvgIpc) is 2.37. The quantitative estimate of drug-likeness (QED) is 0.825. The highest BCUT2D eigenvalue weighted by molar-refractivity contribution is 14.1. The fraction of sp³-hybridized carbons (Fsp3) is 0.154. The van der Waals surface area contributed by atoms with E-state index in [2.05, 4.69) is 21.6 Å². The summed E-state index contributed by atoms with van der Waals surface area (Å²) in [5.74, 6) is 0.0803. The maximum absolute atomic E-state index is 13.0. The maximum atomic E-state index is 13.0. The molecule has 96 valence electrons. The van der Waals surface area contributed by atoms with Gasteiger partial charge in [0, 0.05) is 3.57 Å². The Balaban J connectivity index is 2.44. The van der Waals surface area contributed by atoms with Crippen LogP contribution in [0, 0.1) is 34.6 Å². The molecule has 0 bridgehead atoms.